The van der Waals surface area contributed by atoms with Crippen LogP contribution in [0.15, 0.2) is 30.6 Å². The van der Waals surface area contributed by atoms with Crippen LogP contribution in [0.2, 0.25) is 0 Å². The first-order valence-electron chi connectivity index (χ1n) is 6.80. The second-order valence-electron chi connectivity index (χ2n) is 4.31. The Hall–Kier alpha value is -2.30. The number of hydrogen-bond donors (Lipinski definition) is 2. The van der Waals surface area contributed by atoms with Gasteiger partial charge in [0.1, 0.15) is 23.7 Å². The first kappa shape index (κ1) is 14.1. The van der Waals surface area contributed by atoms with Gasteiger partial charge in [-0.2, -0.15) is 0 Å². The van der Waals surface area contributed by atoms with Gasteiger partial charge >= 0.3 is 0 Å². The molecule has 0 bridgehead atoms. The molecule has 0 aliphatic rings. The average molecular weight is 272 g/mol. The number of nitrogens with one attached hydrogen (secondary N) is 2. The number of ether oxygens (including phenoxy) is 1. The highest BCUT2D eigenvalue weighted by molar-refractivity contribution is 5.64. The highest BCUT2D eigenvalue weighted by atomic mass is 16.5. The smallest absolute Gasteiger partial charge is 0.138 e. The molecule has 2 aromatic rings. The van der Waals surface area contributed by atoms with Crippen molar-refractivity contribution in [1.29, 1.82) is 0 Å². The standard InChI is InChI=1S/C15H20N4O/c1-4-16-14-11(3)15(18-10-17-14)19-12-6-8-13(9-7-12)20-5-2/h6-10H,4-5H2,1-3H3,(H2,16,17,18,19). The molecule has 5 heteroatoms. The SMILES string of the molecule is CCNc1ncnc(Nc2ccc(OCC)cc2)c1C. The maximum absolute atomic E-state index is 5.42. The van der Waals surface area contributed by atoms with Crippen molar-refractivity contribution in [2.45, 2.75) is 20.8 Å². The second-order valence-corrected chi connectivity index (χ2v) is 4.31. The molecule has 0 fully saturated rings. The molecule has 0 aliphatic carbocycles. The summed E-state index contributed by atoms with van der Waals surface area (Å²) in [6.07, 6.45) is 1.56. The fraction of sp³-hybridized carbons (Fsp3) is 0.333. The zero-order valence-corrected chi connectivity index (χ0v) is 12.1. The minimum atomic E-state index is 0.670. The Morgan fingerprint density at radius 2 is 1.75 bits per heavy atom. The van der Waals surface area contributed by atoms with E-state index in [1.165, 1.54) is 0 Å². The van der Waals surface area contributed by atoms with Crippen LogP contribution in [-0.4, -0.2) is 23.1 Å². The summed E-state index contributed by atoms with van der Waals surface area (Å²) in [7, 11) is 0. The summed E-state index contributed by atoms with van der Waals surface area (Å²) in [6.45, 7) is 7.51. The molecule has 0 saturated heterocycles. The lowest BCUT2D eigenvalue weighted by Crippen LogP contribution is -2.05. The Labute approximate surface area is 119 Å². The van der Waals surface area contributed by atoms with E-state index in [2.05, 4.69) is 20.6 Å². The van der Waals surface area contributed by atoms with Gasteiger partial charge in [0, 0.05) is 17.8 Å². The Morgan fingerprint density at radius 1 is 1.05 bits per heavy atom. The summed E-state index contributed by atoms with van der Waals surface area (Å²) in [5.41, 5.74) is 1.97. The van der Waals surface area contributed by atoms with E-state index in [9.17, 15) is 0 Å². The van der Waals surface area contributed by atoms with Crippen molar-refractivity contribution in [2.24, 2.45) is 0 Å². The highest BCUT2D eigenvalue weighted by Gasteiger charge is 2.06. The van der Waals surface area contributed by atoms with Gasteiger partial charge < -0.3 is 15.4 Å². The molecule has 0 radical (unpaired) electrons. The van der Waals surface area contributed by atoms with Gasteiger partial charge in [0.15, 0.2) is 0 Å². The van der Waals surface area contributed by atoms with Crippen LogP contribution in [0.4, 0.5) is 17.3 Å². The van der Waals surface area contributed by atoms with Gasteiger partial charge in [-0.15, -0.1) is 0 Å². The third kappa shape index (κ3) is 3.38. The fourth-order valence-corrected chi connectivity index (χ4v) is 1.86. The normalized spacial score (nSPS) is 10.2. The molecule has 0 aliphatic heterocycles. The number of rotatable bonds is 6. The molecule has 106 valence electrons. The van der Waals surface area contributed by atoms with E-state index in [0.717, 1.165) is 35.2 Å². The molecular formula is C15H20N4O. The summed E-state index contributed by atoms with van der Waals surface area (Å²) in [6, 6.07) is 7.82. The molecule has 0 amide bonds. The van der Waals surface area contributed by atoms with Crippen molar-refractivity contribution in [3.8, 4) is 5.75 Å². The fourth-order valence-electron chi connectivity index (χ4n) is 1.86. The minimum absolute atomic E-state index is 0.670. The number of anilines is 3. The molecular weight excluding hydrogens is 252 g/mol. The van der Waals surface area contributed by atoms with Crippen LogP contribution in [-0.2, 0) is 0 Å². The molecule has 0 unspecified atom stereocenters. The van der Waals surface area contributed by atoms with Crippen LogP contribution in [0, 0.1) is 6.92 Å². The van der Waals surface area contributed by atoms with Gasteiger partial charge in [0.05, 0.1) is 6.61 Å². The van der Waals surface area contributed by atoms with Crippen LogP contribution in [0.25, 0.3) is 0 Å². The zero-order valence-electron chi connectivity index (χ0n) is 12.1. The van der Waals surface area contributed by atoms with Gasteiger partial charge in [-0.3, -0.25) is 0 Å². The Balaban J connectivity index is 2.15. The number of hydrogen-bond acceptors (Lipinski definition) is 5. The Bertz CT molecular complexity index is 554. The molecule has 0 atom stereocenters. The maximum Gasteiger partial charge on any atom is 0.138 e. The molecule has 2 rings (SSSR count). The molecule has 1 aromatic heterocycles. The first-order chi connectivity index (χ1) is 9.74. The lowest BCUT2D eigenvalue weighted by Gasteiger charge is -2.12. The van der Waals surface area contributed by atoms with Gasteiger partial charge in [0.25, 0.3) is 0 Å². The van der Waals surface area contributed by atoms with Gasteiger partial charge in [-0.25, -0.2) is 9.97 Å². The van der Waals surface area contributed by atoms with Crippen LogP contribution in [0.1, 0.15) is 19.4 Å². The van der Waals surface area contributed by atoms with Crippen LogP contribution in [0.3, 0.4) is 0 Å². The summed E-state index contributed by atoms with van der Waals surface area (Å²) in [5, 5.41) is 6.51. The molecule has 5 nitrogen and oxygen atoms in total. The van der Waals surface area contributed by atoms with Crippen molar-refractivity contribution in [3.05, 3.63) is 36.2 Å². The van der Waals surface area contributed by atoms with E-state index in [1.54, 1.807) is 6.33 Å². The predicted octanol–water partition coefficient (Wildman–Crippen LogP) is 3.36. The van der Waals surface area contributed by atoms with E-state index in [1.807, 2.05) is 45.0 Å². The summed E-state index contributed by atoms with van der Waals surface area (Å²) < 4.78 is 5.42. The molecule has 2 N–H and O–H groups in total. The molecule has 0 spiro atoms. The quantitative estimate of drug-likeness (QED) is 0.844. The summed E-state index contributed by atoms with van der Waals surface area (Å²) in [5.74, 6) is 2.53. The van der Waals surface area contributed by atoms with Gasteiger partial charge in [-0.1, -0.05) is 0 Å². The minimum Gasteiger partial charge on any atom is -0.494 e. The van der Waals surface area contributed by atoms with Crippen molar-refractivity contribution in [1.82, 2.24) is 9.97 Å². The van der Waals surface area contributed by atoms with Crippen LogP contribution in [0.5, 0.6) is 5.75 Å². The Kier molecular flexibility index (Phi) is 4.76. The molecule has 1 heterocycles. The summed E-state index contributed by atoms with van der Waals surface area (Å²) >= 11 is 0. The maximum atomic E-state index is 5.42. The van der Waals surface area contributed by atoms with Crippen LogP contribution < -0.4 is 15.4 Å². The first-order valence-corrected chi connectivity index (χ1v) is 6.80. The largest absolute Gasteiger partial charge is 0.494 e. The third-order valence-electron chi connectivity index (χ3n) is 2.86. The Morgan fingerprint density at radius 3 is 2.40 bits per heavy atom. The second kappa shape index (κ2) is 6.75. The lowest BCUT2D eigenvalue weighted by atomic mass is 10.2. The van der Waals surface area contributed by atoms with E-state index < -0.39 is 0 Å². The average Bonchev–Trinajstić information content (AvgIpc) is 2.46. The monoisotopic (exact) mass is 272 g/mol. The van der Waals surface area contributed by atoms with Gasteiger partial charge in [0.2, 0.25) is 0 Å². The molecule has 20 heavy (non-hydrogen) atoms. The van der Waals surface area contributed by atoms with Gasteiger partial charge in [-0.05, 0) is 45.0 Å². The summed E-state index contributed by atoms with van der Waals surface area (Å²) in [4.78, 5) is 8.51. The van der Waals surface area contributed by atoms with Crippen molar-refractivity contribution < 1.29 is 4.74 Å². The predicted molar refractivity (Wildman–Crippen MR) is 81.8 cm³/mol. The number of nitrogens with zero attached hydrogens (tertiary/aromatic N) is 2. The van der Waals surface area contributed by atoms with Crippen molar-refractivity contribution >= 4 is 17.3 Å². The van der Waals surface area contributed by atoms with E-state index in [0.29, 0.717) is 6.61 Å². The van der Waals surface area contributed by atoms with E-state index >= 15 is 0 Å². The lowest BCUT2D eigenvalue weighted by molar-refractivity contribution is 0.340. The molecule has 0 saturated carbocycles. The highest BCUT2D eigenvalue weighted by Crippen LogP contribution is 2.23. The zero-order chi connectivity index (χ0) is 14.4. The molecule has 1 aromatic carbocycles. The van der Waals surface area contributed by atoms with Crippen molar-refractivity contribution in [2.75, 3.05) is 23.8 Å². The van der Waals surface area contributed by atoms with E-state index in [4.69, 9.17) is 4.74 Å². The van der Waals surface area contributed by atoms with Crippen molar-refractivity contribution in [3.63, 3.8) is 0 Å². The van der Waals surface area contributed by atoms with Crippen LogP contribution >= 0.6 is 0 Å². The van der Waals surface area contributed by atoms with E-state index in [-0.39, 0.29) is 0 Å². The topological polar surface area (TPSA) is 59.1 Å². The third-order valence-corrected chi connectivity index (χ3v) is 2.86. The number of benzene rings is 1. The number of aromatic nitrogens is 2.